The Morgan fingerprint density at radius 2 is 1.89 bits per heavy atom. The van der Waals surface area contributed by atoms with Crippen molar-refractivity contribution >= 4 is 14.4 Å². The SMILES string of the molecule is CC(C)(C)[Si](C)(C)OCCC1=CC2CCC(C1)N2C(=O)OCc1ccccc1. The third-order valence-electron chi connectivity index (χ3n) is 6.58. The minimum absolute atomic E-state index is 0.177. The van der Waals surface area contributed by atoms with Crippen molar-refractivity contribution in [2.75, 3.05) is 6.61 Å². The highest BCUT2D eigenvalue weighted by molar-refractivity contribution is 6.74. The van der Waals surface area contributed by atoms with Gasteiger partial charge in [-0.3, -0.25) is 4.90 Å². The monoisotopic (exact) mass is 401 g/mol. The molecule has 1 aromatic rings. The van der Waals surface area contributed by atoms with Crippen molar-refractivity contribution in [2.24, 2.45) is 0 Å². The van der Waals surface area contributed by atoms with Crippen molar-refractivity contribution in [1.29, 1.82) is 0 Å². The number of carbonyl (C=O) groups excluding carboxylic acids is 1. The fourth-order valence-corrected chi connectivity index (χ4v) is 4.88. The zero-order valence-electron chi connectivity index (χ0n) is 18.0. The lowest BCUT2D eigenvalue weighted by molar-refractivity contribution is 0.0813. The highest BCUT2D eigenvalue weighted by Gasteiger charge is 2.41. The van der Waals surface area contributed by atoms with Crippen LogP contribution in [-0.4, -0.2) is 38.0 Å². The van der Waals surface area contributed by atoms with Gasteiger partial charge in [0.1, 0.15) is 6.61 Å². The molecule has 2 aliphatic rings. The first-order valence-electron chi connectivity index (χ1n) is 10.5. The molecule has 0 aromatic heterocycles. The first-order chi connectivity index (χ1) is 13.2. The molecule has 154 valence electrons. The van der Waals surface area contributed by atoms with Gasteiger partial charge in [-0.1, -0.05) is 62.8 Å². The largest absolute Gasteiger partial charge is 0.445 e. The van der Waals surface area contributed by atoms with E-state index in [0.29, 0.717) is 6.61 Å². The first kappa shape index (κ1) is 21.1. The van der Waals surface area contributed by atoms with E-state index in [2.05, 4.69) is 39.9 Å². The number of nitrogens with zero attached hydrogens (tertiary/aromatic N) is 1. The van der Waals surface area contributed by atoms with E-state index in [0.717, 1.165) is 37.9 Å². The molecule has 2 aliphatic heterocycles. The van der Waals surface area contributed by atoms with E-state index in [1.54, 1.807) is 0 Å². The molecule has 1 saturated heterocycles. The molecule has 5 heteroatoms. The Kier molecular flexibility index (Phi) is 6.35. The summed E-state index contributed by atoms with van der Waals surface area (Å²) < 4.78 is 11.9. The second-order valence-electron chi connectivity index (χ2n) is 9.63. The Morgan fingerprint density at radius 1 is 1.18 bits per heavy atom. The number of benzene rings is 1. The van der Waals surface area contributed by atoms with Crippen LogP contribution in [0.4, 0.5) is 4.79 Å². The quantitative estimate of drug-likeness (QED) is 0.440. The average Bonchev–Trinajstić information content (AvgIpc) is 2.90. The van der Waals surface area contributed by atoms with Crippen molar-refractivity contribution in [2.45, 2.75) is 83.3 Å². The maximum absolute atomic E-state index is 12.7. The van der Waals surface area contributed by atoms with Gasteiger partial charge in [0.15, 0.2) is 8.32 Å². The number of carbonyl (C=O) groups is 1. The van der Waals surface area contributed by atoms with Crippen molar-refractivity contribution in [3.8, 4) is 0 Å². The molecular weight excluding hydrogens is 366 g/mol. The molecule has 28 heavy (non-hydrogen) atoms. The fraction of sp³-hybridized carbons (Fsp3) is 0.609. The zero-order valence-corrected chi connectivity index (χ0v) is 19.0. The fourth-order valence-electron chi connectivity index (χ4n) is 3.84. The minimum Gasteiger partial charge on any atom is -0.445 e. The van der Waals surface area contributed by atoms with Crippen LogP contribution in [0.1, 0.15) is 52.0 Å². The van der Waals surface area contributed by atoms with Gasteiger partial charge < -0.3 is 9.16 Å². The summed E-state index contributed by atoms with van der Waals surface area (Å²) in [4.78, 5) is 14.6. The van der Waals surface area contributed by atoms with Crippen molar-refractivity contribution < 1.29 is 14.0 Å². The van der Waals surface area contributed by atoms with Crippen LogP contribution in [0.2, 0.25) is 18.1 Å². The first-order valence-corrected chi connectivity index (χ1v) is 13.4. The number of amides is 1. The highest BCUT2D eigenvalue weighted by Crippen LogP contribution is 2.38. The molecular formula is C23H35NO3Si. The molecule has 1 aromatic carbocycles. The van der Waals surface area contributed by atoms with Crippen LogP contribution in [0.25, 0.3) is 0 Å². The van der Waals surface area contributed by atoms with Gasteiger partial charge in [-0.05, 0) is 49.4 Å². The van der Waals surface area contributed by atoms with Crippen LogP contribution >= 0.6 is 0 Å². The second-order valence-corrected chi connectivity index (χ2v) is 14.4. The molecule has 0 saturated carbocycles. The van der Waals surface area contributed by atoms with Gasteiger partial charge in [0.2, 0.25) is 0 Å². The van der Waals surface area contributed by atoms with Gasteiger partial charge >= 0.3 is 6.09 Å². The molecule has 2 heterocycles. The maximum atomic E-state index is 12.7. The number of ether oxygens (including phenoxy) is 1. The van der Waals surface area contributed by atoms with Crippen LogP contribution in [-0.2, 0) is 15.8 Å². The minimum atomic E-state index is -1.69. The lowest BCUT2D eigenvalue weighted by atomic mass is 9.99. The van der Waals surface area contributed by atoms with E-state index >= 15 is 0 Å². The topological polar surface area (TPSA) is 38.8 Å². The summed E-state index contributed by atoms with van der Waals surface area (Å²) in [6.45, 7) is 12.6. The summed E-state index contributed by atoms with van der Waals surface area (Å²) >= 11 is 0. The van der Waals surface area contributed by atoms with Gasteiger partial charge in [0.25, 0.3) is 0 Å². The molecule has 4 nitrogen and oxygen atoms in total. The van der Waals surface area contributed by atoms with Crippen molar-refractivity contribution in [3.63, 3.8) is 0 Å². The Morgan fingerprint density at radius 3 is 2.54 bits per heavy atom. The Labute approximate surface area is 171 Å². The Balaban J connectivity index is 1.52. The molecule has 1 amide bonds. The van der Waals surface area contributed by atoms with Crippen LogP contribution in [0.5, 0.6) is 0 Å². The molecule has 2 atom stereocenters. The summed E-state index contributed by atoms with van der Waals surface area (Å²) in [6.07, 6.45) is 6.16. The predicted molar refractivity (Wildman–Crippen MR) is 116 cm³/mol. The van der Waals surface area contributed by atoms with Crippen LogP contribution in [0.3, 0.4) is 0 Å². The maximum Gasteiger partial charge on any atom is 0.410 e. The van der Waals surface area contributed by atoms with Gasteiger partial charge in [-0.15, -0.1) is 0 Å². The molecule has 2 bridgehead atoms. The van der Waals surface area contributed by atoms with E-state index in [4.69, 9.17) is 9.16 Å². The molecule has 0 radical (unpaired) electrons. The standard InChI is InChI=1S/C23H35NO3Si/c1-23(2,3)28(4,5)27-14-13-19-15-20-11-12-21(16-19)24(20)22(25)26-17-18-9-7-6-8-10-18/h6-10,15,20-21H,11-14,16-17H2,1-5H3. The number of hydrogen-bond donors (Lipinski definition) is 0. The van der Waals surface area contributed by atoms with Gasteiger partial charge in [-0.2, -0.15) is 0 Å². The number of fused-ring (bicyclic) bond motifs is 2. The third-order valence-corrected chi connectivity index (χ3v) is 11.1. The van der Waals surface area contributed by atoms with E-state index < -0.39 is 8.32 Å². The molecule has 0 spiro atoms. The summed E-state index contributed by atoms with van der Waals surface area (Å²) in [5.41, 5.74) is 2.47. The molecule has 0 N–H and O–H groups in total. The van der Waals surface area contributed by atoms with Crippen LogP contribution in [0, 0.1) is 0 Å². The van der Waals surface area contributed by atoms with E-state index in [1.165, 1.54) is 5.57 Å². The average molecular weight is 402 g/mol. The lowest BCUT2D eigenvalue weighted by Crippen LogP contribution is -2.44. The second kappa shape index (κ2) is 8.42. The van der Waals surface area contributed by atoms with Crippen molar-refractivity contribution in [1.82, 2.24) is 4.90 Å². The zero-order chi connectivity index (χ0) is 20.4. The summed E-state index contributed by atoms with van der Waals surface area (Å²) in [7, 11) is -1.69. The smallest absolute Gasteiger partial charge is 0.410 e. The van der Waals surface area contributed by atoms with E-state index in [-0.39, 0.29) is 23.2 Å². The Bertz CT molecular complexity index is 708. The molecule has 3 rings (SSSR count). The lowest BCUT2D eigenvalue weighted by Gasteiger charge is -2.37. The van der Waals surface area contributed by atoms with E-state index in [1.807, 2.05) is 35.2 Å². The van der Waals surface area contributed by atoms with Crippen molar-refractivity contribution in [3.05, 3.63) is 47.5 Å². The van der Waals surface area contributed by atoms with E-state index in [9.17, 15) is 4.79 Å². The number of rotatable bonds is 6. The number of hydrogen-bond acceptors (Lipinski definition) is 3. The van der Waals surface area contributed by atoms with Gasteiger partial charge in [0.05, 0.1) is 6.04 Å². The summed E-state index contributed by atoms with van der Waals surface area (Å²) in [5.74, 6) is 0. The van der Waals surface area contributed by atoms with Crippen LogP contribution in [0.15, 0.2) is 42.0 Å². The van der Waals surface area contributed by atoms with Crippen LogP contribution < -0.4 is 0 Å². The molecule has 0 aliphatic carbocycles. The molecule has 1 fully saturated rings. The normalized spacial score (nSPS) is 22.2. The predicted octanol–water partition coefficient (Wildman–Crippen LogP) is 5.90. The Hall–Kier alpha value is -1.59. The van der Waals surface area contributed by atoms with Gasteiger partial charge in [0, 0.05) is 12.6 Å². The third kappa shape index (κ3) is 4.87. The summed E-state index contributed by atoms with van der Waals surface area (Å²) in [5, 5.41) is 0.242. The van der Waals surface area contributed by atoms with Gasteiger partial charge in [-0.25, -0.2) is 4.79 Å². The molecule has 2 unspecified atom stereocenters. The summed E-state index contributed by atoms with van der Waals surface area (Å²) in [6, 6.07) is 10.3. The highest BCUT2D eigenvalue weighted by atomic mass is 28.4.